The van der Waals surface area contributed by atoms with Gasteiger partial charge in [-0.15, -0.1) is 0 Å². The van der Waals surface area contributed by atoms with E-state index < -0.39 is 0 Å². The second kappa shape index (κ2) is 9.07. The number of nitrogens with one attached hydrogen (secondary N) is 1. The van der Waals surface area contributed by atoms with Crippen molar-refractivity contribution in [2.24, 2.45) is 5.92 Å². The SMILES string of the molecule is O=C(N[C@@H]1CCCC[C@H]1CN1CCCCC1)OCc1ccccc1. The molecule has 3 rings (SSSR count). The lowest BCUT2D eigenvalue weighted by Gasteiger charge is -2.37. The van der Waals surface area contributed by atoms with Gasteiger partial charge in [-0.2, -0.15) is 0 Å². The molecular formula is C20H30N2O2. The standard InChI is InChI=1S/C20H30N2O2/c23-20(24-16-17-9-3-1-4-10-17)21-19-12-6-5-11-18(19)15-22-13-7-2-8-14-22/h1,3-4,9-10,18-19H,2,5-8,11-16H2,(H,21,23)/t18-,19+/m0/s1. The predicted molar refractivity (Wildman–Crippen MR) is 95.8 cm³/mol. The summed E-state index contributed by atoms with van der Waals surface area (Å²) in [6, 6.07) is 10.1. The Morgan fingerprint density at radius 1 is 1.04 bits per heavy atom. The molecule has 24 heavy (non-hydrogen) atoms. The lowest BCUT2D eigenvalue weighted by atomic mass is 9.84. The van der Waals surface area contributed by atoms with E-state index in [4.69, 9.17) is 4.74 Å². The number of amides is 1. The second-order valence-corrected chi connectivity index (χ2v) is 7.22. The van der Waals surface area contributed by atoms with Gasteiger partial charge in [-0.1, -0.05) is 49.6 Å². The summed E-state index contributed by atoms with van der Waals surface area (Å²) in [5.41, 5.74) is 1.03. The predicted octanol–water partition coefficient (Wildman–Crippen LogP) is 3.96. The van der Waals surface area contributed by atoms with Crippen molar-refractivity contribution in [1.82, 2.24) is 10.2 Å². The lowest BCUT2D eigenvalue weighted by molar-refractivity contribution is 0.114. The Morgan fingerprint density at radius 2 is 1.79 bits per heavy atom. The fraction of sp³-hybridized carbons (Fsp3) is 0.650. The maximum Gasteiger partial charge on any atom is 0.407 e. The lowest BCUT2D eigenvalue weighted by Crippen LogP contribution is -2.47. The largest absolute Gasteiger partial charge is 0.445 e. The van der Waals surface area contributed by atoms with Crippen LogP contribution in [0, 0.1) is 5.92 Å². The number of alkyl carbamates (subject to hydrolysis) is 1. The molecule has 1 aliphatic carbocycles. The van der Waals surface area contributed by atoms with Crippen molar-refractivity contribution >= 4 is 6.09 Å². The molecule has 0 unspecified atom stereocenters. The van der Waals surface area contributed by atoms with E-state index >= 15 is 0 Å². The van der Waals surface area contributed by atoms with Gasteiger partial charge >= 0.3 is 6.09 Å². The van der Waals surface area contributed by atoms with E-state index in [0.717, 1.165) is 18.5 Å². The van der Waals surface area contributed by atoms with Gasteiger partial charge in [0, 0.05) is 12.6 Å². The van der Waals surface area contributed by atoms with Gasteiger partial charge in [-0.3, -0.25) is 0 Å². The second-order valence-electron chi connectivity index (χ2n) is 7.22. The molecule has 1 saturated heterocycles. The van der Waals surface area contributed by atoms with Crippen LogP contribution in [0.1, 0.15) is 50.5 Å². The number of piperidine rings is 1. The zero-order valence-corrected chi connectivity index (χ0v) is 14.6. The molecule has 0 aromatic heterocycles. The van der Waals surface area contributed by atoms with Crippen LogP contribution >= 0.6 is 0 Å². The van der Waals surface area contributed by atoms with Crippen molar-refractivity contribution in [2.75, 3.05) is 19.6 Å². The van der Waals surface area contributed by atoms with Crippen LogP contribution in [0.2, 0.25) is 0 Å². The third-order valence-electron chi connectivity index (χ3n) is 5.37. The Morgan fingerprint density at radius 3 is 2.58 bits per heavy atom. The molecule has 1 aromatic carbocycles. The molecule has 0 bridgehead atoms. The smallest absolute Gasteiger partial charge is 0.407 e. The Labute approximate surface area is 145 Å². The van der Waals surface area contributed by atoms with Crippen LogP contribution in [0.5, 0.6) is 0 Å². The highest BCUT2D eigenvalue weighted by Gasteiger charge is 2.28. The Kier molecular flexibility index (Phi) is 6.53. The summed E-state index contributed by atoms with van der Waals surface area (Å²) in [6.45, 7) is 3.92. The van der Waals surface area contributed by atoms with Crippen LogP contribution in [-0.4, -0.2) is 36.7 Å². The summed E-state index contributed by atoms with van der Waals surface area (Å²) in [7, 11) is 0. The minimum Gasteiger partial charge on any atom is -0.445 e. The number of hydrogen-bond donors (Lipinski definition) is 1. The average Bonchev–Trinajstić information content (AvgIpc) is 2.63. The summed E-state index contributed by atoms with van der Waals surface area (Å²) in [4.78, 5) is 14.8. The molecule has 1 saturated carbocycles. The molecule has 1 amide bonds. The summed E-state index contributed by atoms with van der Waals surface area (Å²) < 4.78 is 5.41. The molecule has 1 N–H and O–H groups in total. The highest BCUT2D eigenvalue weighted by molar-refractivity contribution is 5.67. The Balaban J connectivity index is 1.46. The molecular weight excluding hydrogens is 300 g/mol. The molecule has 0 spiro atoms. The average molecular weight is 330 g/mol. The molecule has 1 aliphatic heterocycles. The molecule has 1 heterocycles. The van der Waals surface area contributed by atoms with Crippen LogP contribution in [0.3, 0.4) is 0 Å². The van der Waals surface area contributed by atoms with E-state index in [1.165, 1.54) is 51.6 Å². The van der Waals surface area contributed by atoms with Gasteiger partial charge in [0.2, 0.25) is 0 Å². The van der Waals surface area contributed by atoms with Crippen LogP contribution in [0.15, 0.2) is 30.3 Å². The Hall–Kier alpha value is -1.55. The topological polar surface area (TPSA) is 41.6 Å². The van der Waals surface area contributed by atoms with Crippen molar-refractivity contribution in [3.63, 3.8) is 0 Å². The van der Waals surface area contributed by atoms with Crippen LogP contribution < -0.4 is 5.32 Å². The van der Waals surface area contributed by atoms with Crippen molar-refractivity contribution < 1.29 is 9.53 Å². The van der Waals surface area contributed by atoms with Crippen LogP contribution in [-0.2, 0) is 11.3 Å². The van der Waals surface area contributed by atoms with Crippen molar-refractivity contribution in [2.45, 2.75) is 57.6 Å². The van der Waals surface area contributed by atoms with Gasteiger partial charge in [-0.25, -0.2) is 4.79 Å². The first-order valence-corrected chi connectivity index (χ1v) is 9.51. The summed E-state index contributed by atoms with van der Waals surface area (Å²) in [5.74, 6) is 0.570. The molecule has 4 nitrogen and oxygen atoms in total. The Bertz CT molecular complexity index is 500. The van der Waals surface area contributed by atoms with E-state index in [-0.39, 0.29) is 12.1 Å². The minimum absolute atomic E-state index is 0.268. The van der Waals surface area contributed by atoms with Gasteiger partial charge in [0.1, 0.15) is 6.61 Å². The number of nitrogens with zero attached hydrogens (tertiary/aromatic N) is 1. The fourth-order valence-electron chi connectivity index (χ4n) is 4.01. The van der Waals surface area contributed by atoms with Crippen LogP contribution in [0.4, 0.5) is 4.79 Å². The number of benzene rings is 1. The number of ether oxygens (including phenoxy) is 1. The first-order valence-electron chi connectivity index (χ1n) is 9.51. The van der Waals surface area contributed by atoms with Crippen molar-refractivity contribution in [3.05, 3.63) is 35.9 Å². The highest BCUT2D eigenvalue weighted by Crippen LogP contribution is 2.26. The first-order chi connectivity index (χ1) is 11.8. The molecule has 1 aromatic rings. The van der Waals surface area contributed by atoms with E-state index in [9.17, 15) is 4.79 Å². The van der Waals surface area contributed by atoms with Crippen molar-refractivity contribution in [3.8, 4) is 0 Å². The monoisotopic (exact) mass is 330 g/mol. The number of hydrogen-bond acceptors (Lipinski definition) is 3. The zero-order valence-electron chi connectivity index (χ0n) is 14.6. The molecule has 4 heteroatoms. The summed E-state index contributed by atoms with van der Waals surface area (Å²) in [6.07, 6.45) is 8.55. The van der Waals surface area contributed by atoms with Crippen molar-refractivity contribution in [1.29, 1.82) is 0 Å². The third-order valence-corrected chi connectivity index (χ3v) is 5.37. The normalized spacial score (nSPS) is 25.2. The van der Waals surface area contributed by atoms with Gasteiger partial charge in [0.05, 0.1) is 0 Å². The van der Waals surface area contributed by atoms with Gasteiger partial charge in [0.25, 0.3) is 0 Å². The zero-order chi connectivity index (χ0) is 16.6. The molecule has 0 radical (unpaired) electrons. The number of carbonyl (C=O) groups is 1. The number of rotatable bonds is 5. The number of likely N-dealkylation sites (tertiary alicyclic amines) is 1. The van der Waals surface area contributed by atoms with E-state index in [2.05, 4.69) is 10.2 Å². The minimum atomic E-state index is -0.269. The summed E-state index contributed by atoms with van der Waals surface area (Å²) in [5, 5.41) is 3.14. The first kappa shape index (κ1) is 17.3. The van der Waals surface area contributed by atoms with E-state index in [0.29, 0.717) is 12.5 Å². The molecule has 2 atom stereocenters. The fourth-order valence-corrected chi connectivity index (χ4v) is 4.01. The van der Waals surface area contributed by atoms with E-state index in [1.54, 1.807) is 0 Å². The van der Waals surface area contributed by atoms with Crippen LogP contribution in [0.25, 0.3) is 0 Å². The third kappa shape index (κ3) is 5.23. The highest BCUT2D eigenvalue weighted by atomic mass is 16.5. The van der Waals surface area contributed by atoms with Gasteiger partial charge < -0.3 is 15.0 Å². The quantitative estimate of drug-likeness (QED) is 0.888. The molecule has 132 valence electrons. The number of carbonyl (C=O) groups excluding carboxylic acids is 1. The maximum atomic E-state index is 12.2. The molecule has 2 fully saturated rings. The van der Waals surface area contributed by atoms with Gasteiger partial charge in [0.15, 0.2) is 0 Å². The maximum absolute atomic E-state index is 12.2. The van der Waals surface area contributed by atoms with Gasteiger partial charge in [-0.05, 0) is 50.3 Å². The summed E-state index contributed by atoms with van der Waals surface area (Å²) >= 11 is 0. The molecule has 2 aliphatic rings. The van der Waals surface area contributed by atoms with E-state index in [1.807, 2.05) is 30.3 Å².